The van der Waals surface area contributed by atoms with Crippen LogP contribution in [0.2, 0.25) is 5.02 Å². The van der Waals surface area contributed by atoms with Crippen molar-refractivity contribution in [3.8, 4) is 0 Å². The number of nitrogens with one attached hydrogen (secondary N) is 2. The lowest BCUT2D eigenvalue weighted by Gasteiger charge is -2.35. The van der Waals surface area contributed by atoms with E-state index in [-0.39, 0.29) is 30.0 Å². The Morgan fingerprint density at radius 1 is 1.19 bits per heavy atom. The third-order valence-electron chi connectivity index (χ3n) is 4.16. The molecule has 0 aromatic heterocycles. The number of aliphatic imine (C=N–C) groups is 1. The lowest BCUT2D eigenvalue weighted by Crippen LogP contribution is -2.46. The Morgan fingerprint density at radius 2 is 1.85 bits per heavy atom. The molecule has 1 heterocycles. The molecule has 1 unspecified atom stereocenters. The molecule has 0 amide bonds. The molecular weight excluding hydrogens is 463 g/mol. The second kappa shape index (κ2) is 12.8. The standard InChI is InChI=1S/C19H31ClN4O.HI/c1-4-21-19(22-13-15(2)3)23-14-18(24-9-11-25-12-10-24)16-5-7-17(20)8-6-16;/h5-8,15,18H,4,9-14H2,1-3H3,(H2,21,22,23);1H. The summed E-state index contributed by atoms with van der Waals surface area (Å²) >= 11 is 6.06. The Hall–Kier alpha value is -0.570. The molecule has 1 aliphatic rings. The van der Waals surface area contributed by atoms with Gasteiger partial charge in [-0.15, -0.1) is 24.0 Å². The van der Waals surface area contributed by atoms with Crippen molar-refractivity contribution in [1.29, 1.82) is 0 Å². The molecule has 1 saturated heterocycles. The first-order valence-corrected chi connectivity index (χ1v) is 9.57. The van der Waals surface area contributed by atoms with Crippen LogP contribution in [0.3, 0.4) is 0 Å². The van der Waals surface area contributed by atoms with Gasteiger partial charge in [0.1, 0.15) is 0 Å². The van der Waals surface area contributed by atoms with Crippen molar-refractivity contribution in [3.63, 3.8) is 0 Å². The summed E-state index contributed by atoms with van der Waals surface area (Å²) in [6.45, 7) is 12.4. The van der Waals surface area contributed by atoms with Crippen molar-refractivity contribution in [1.82, 2.24) is 15.5 Å². The molecular formula is C19H32ClIN4O. The van der Waals surface area contributed by atoms with Gasteiger partial charge in [0.2, 0.25) is 0 Å². The maximum atomic E-state index is 6.06. The monoisotopic (exact) mass is 494 g/mol. The van der Waals surface area contributed by atoms with Crippen LogP contribution >= 0.6 is 35.6 Å². The predicted octanol–water partition coefficient (Wildman–Crippen LogP) is 3.54. The van der Waals surface area contributed by atoms with E-state index in [4.69, 9.17) is 16.3 Å². The summed E-state index contributed by atoms with van der Waals surface area (Å²) in [5, 5.41) is 7.61. The molecule has 0 bridgehead atoms. The molecule has 0 radical (unpaired) electrons. The Kier molecular flexibility index (Phi) is 11.5. The SMILES string of the molecule is CCNC(=NCC(C)C)NCC(c1ccc(Cl)cc1)N1CCOCC1.I. The molecule has 7 heteroatoms. The molecule has 148 valence electrons. The van der Waals surface area contributed by atoms with Gasteiger partial charge in [-0.2, -0.15) is 0 Å². The summed E-state index contributed by atoms with van der Waals surface area (Å²) in [5.41, 5.74) is 1.26. The molecule has 26 heavy (non-hydrogen) atoms. The smallest absolute Gasteiger partial charge is 0.191 e. The predicted molar refractivity (Wildman–Crippen MR) is 121 cm³/mol. The van der Waals surface area contributed by atoms with Gasteiger partial charge in [0.05, 0.1) is 19.3 Å². The van der Waals surface area contributed by atoms with Gasteiger partial charge in [-0.1, -0.05) is 37.6 Å². The summed E-state index contributed by atoms with van der Waals surface area (Å²) in [6.07, 6.45) is 0. The quantitative estimate of drug-likeness (QED) is 0.346. The van der Waals surface area contributed by atoms with E-state index in [9.17, 15) is 0 Å². The Morgan fingerprint density at radius 3 is 2.42 bits per heavy atom. The van der Waals surface area contributed by atoms with Crippen LogP contribution in [0.4, 0.5) is 0 Å². The van der Waals surface area contributed by atoms with Gasteiger partial charge in [-0.05, 0) is 30.5 Å². The highest BCUT2D eigenvalue weighted by Crippen LogP contribution is 2.23. The van der Waals surface area contributed by atoms with Crippen molar-refractivity contribution in [2.45, 2.75) is 26.8 Å². The second-order valence-corrected chi connectivity index (χ2v) is 7.15. The average Bonchev–Trinajstić information content (AvgIpc) is 2.62. The molecule has 1 aromatic rings. The molecule has 0 saturated carbocycles. The van der Waals surface area contributed by atoms with Gasteiger partial charge in [-0.3, -0.25) is 9.89 Å². The van der Waals surface area contributed by atoms with Crippen LogP contribution in [0.15, 0.2) is 29.3 Å². The lowest BCUT2D eigenvalue weighted by atomic mass is 10.0. The van der Waals surface area contributed by atoms with Crippen LogP contribution in [-0.2, 0) is 4.74 Å². The van der Waals surface area contributed by atoms with Gasteiger partial charge < -0.3 is 15.4 Å². The fourth-order valence-corrected chi connectivity index (χ4v) is 2.97. The average molecular weight is 495 g/mol. The summed E-state index contributed by atoms with van der Waals surface area (Å²) in [4.78, 5) is 7.13. The fourth-order valence-electron chi connectivity index (χ4n) is 2.84. The highest BCUT2D eigenvalue weighted by atomic mass is 127. The Labute approximate surface area is 179 Å². The number of benzene rings is 1. The van der Waals surface area contributed by atoms with Gasteiger partial charge in [0, 0.05) is 37.7 Å². The van der Waals surface area contributed by atoms with Crippen molar-refractivity contribution in [3.05, 3.63) is 34.9 Å². The van der Waals surface area contributed by atoms with Crippen molar-refractivity contribution < 1.29 is 4.74 Å². The van der Waals surface area contributed by atoms with Gasteiger partial charge >= 0.3 is 0 Å². The number of guanidine groups is 1. The number of morpholine rings is 1. The maximum Gasteiger partial charge on any atom is 0.191 e. The Bertz CT molecular complexity index is 533. The zero-order valence-electron chi connectivity index (χ0n) is 16.0. The van der Waals surface area contributed by atoms with Crippen LogP contribution in [0, 0.1) is 5.92 Å². The van der Waals surface area contributed by atoms with E-state index in [1.165, 1.54) is 5.56 Å². The van der Waals surface area contributed by atoms with Crippen LogP contribution in [-0.4, -0.2) is 56.8 Å². The van der Waals surface area contributed by atoms with E-state index < -0.39 is 0 Å². The molecule has 0 aliphatic carbocycles. The number of hydrogen-bond donors (Lipinski definition) is 2. The molecule has 2 N–H and O–H groups in total. The van der Waals surface area contributed by atoms with Crippen molar-refractivity contribution in [2.75, 3.05) is 45.9 Å². The minimum absolute atomic E-state index is 0. The van der Waals surface area contributed by atoms with Crippen molar-refractivity contribution >= 4 is 41.5 Å². The van der Waals surface area contributed by atoms with Crippen LogP contribution in [0.25, 0.3) is 0 Å². The first-order chi connectivity index (χ1) is 12.1. The highest BCUT2D eigenvalue weighted by Gasteiger charge is 2.22. The molecule has 1 aromatic carbocycles. The van der Waals surface area contributed by atoms with Gasteiger partial charge in [0.25, 0.3) is 0 Å². The fraction of sp³-hybridized carbons (Fsp3) is 0.632. The Balaban J connectivity index is 0.00000338. The van der Waals surface area contributed by atoms with Crippen LogP contribution < -0.4 is 10.6 Å². The molecule has 1 aliphatic heterocycles. The van der Waals surface area contributed by atoms with Crippen LogP contribution in [0.1, 0.15) is 32.4 Å². The number of halogens is 2. The topological polar surface area (TPSA) is 48.9 Å². The zero-order valence-corrected chi connectivity index (χ0v) is 19.1. The van der Waals surface area contributed by atoms with E-state index in [1.54, 1.807) is 0 Å². The van der Waals surface area contributed by atoms with E-state index >= 15 is 0 Å². The van der Waals surface area contributed by atoms with Gasteiger partial charge in [-0.25, -0.2) is 0 Å². The number of hydrogen-bond acceptors (Lipinski definition) is 3. The molecule has 1 atom stereocenters. The molecule has 0 spiro atoms. The van der Waals surface area contributed by atoms with E-state index in [0.29, 0.717) is 5.92 Å². The number of ether oxygens (including phenoxy) is 1. The first-order valence-electron chi connectivity index (χ1n) is 9.19. The summed E-state index contributed by atoms with van der Waals surface area (Å²) in [7, 11) is 0. The van der Waals surface area contributed by atoms with Crippen LogP contribution in [0.5, 0.6) is 0 Å². The second-order valence-electron chi connectivity index (χ2n) is 6.71. The lowest BCUT2D eigenvalue weighted by molar-refractivity contribution is 0.0170. The molecule has 5 nitrogen and oxygen atoms in total. The third-order valence-corrected chi connectivity index (χ3v) is 4.41. The minimum Gasteiger partial charge on any atom is -0.379 e. The number of nitrogens with zero attached hydrogens (tertiary/aromatic N) is 2. The summed E-state index contributed by atoms with van der Waals surface area (Å²) < 4.78 is 5.51. The van der Waals surface area contributed by atoms with E-state index in [0.717, 1.165) is 56.9 Å². The maximum absolute atomic E-state index is 6.06. The summed E-state index contributed by atoms with van der Waals surface area (Å²) in [6, 6.07) is 8.42. The third kappa shape index (κ3) is 7.98. The summed E-state index contributed by atoms with van der Waals surface area (Å²) in [5.74, 6) is 1.42. The van der Waals surface area contributed by atoms with E-state index in [1.807, 2.05) is 12.1 Å². The molecule has 1 fully saturated rings. The number of rotatable bonds is 7. The minimum atomic E-state index is 0. The zero-order chi connectivity index (χ0) is 18.1. The van der Waals surface area contributed by atoms with Crippen molar-refractivity contribution in [2.24, 2.45) is 10.9 Å². The highest BCUT2D eigenvalue weighted by molar-refractivity contribution is 14.0. The van der Waals surface area contributed by atoms with Gasteiger partial charge in [0.15, 0.2) is 5.96 Å². The van der Waals surface area contributed by atoms with E-state index in [2.05, 4.69) is 53.4 Å². The normalized spacial score (nSPS) is 16.9. The molecule has 2 rings (SSSR count). The largest absolute Gasteiger partial charge is 0.379 e. The first kappa shape index (κ1) is 23.5.